The standard InChI is InChI=1S/C50H40N2/c1-3-17-37(18-4-1)49(51-31-39-21-9-11-23-43(39)44-24-12-10-22-40(44)32-51)50(38-19-5-2-6-20-38)52-33-41-29-27-35-15-7-13-25-45(35)47(41)48-42(34-52)30-28-36-16-8-14-26-46(36)48/h1-30,49-50H,31-34H2. The summed E-state index contributed by atoms with van der Waals surface area (Å²) in [4.78, 5) is 5.54. The largest absolute Gasteiger partial charge is 0.286 e. The molecule has 0 spiro atoms. The second-order valence-electron chi connectivity index (χ2n) is 14.5. The highest BCUT2D eigenvalue weighted by molar-refractivity contribution is 6.08. The van der Waals surface area contributed by atoms with Gasteiger partial charge in [-0.05, 0) is 77.2 Å². The molecule has 250 valence electrons. The van der Waals surface area contributed by atoms with Crippen LogP contribution in [0, 0.1) is 0 Å². The zero-order valence-electron chi connectivity index (χ0n) is 29.2. The van der Waals surface area contributed by atoms with E-state index in [0.717, 1.165) is 26.2 Å². The number of rotatable bonds is 5. The van der Waals surface area contributed by atoms with E-state index in [4.69, 9.17) is 0 Å². The molecule has 2 aliphatic heterocycles. The molecule has 0 bridgehead atoms. The number of hydrogen-bond acceptors (Lipinski definition) is 2. The van der Waals surface area contributed by atoms with Gasteiger partial charge in [-0.2, -0.15) is 0 Å². The summed E-state index contributed by atoms with van der Waals surface area (Å²) >= 11 is 0. The van der Waals surface area contributed by atoms with Gasteiger partial charge in [0.2, 0.25) is 0 Å². The van der Waals surface area contributed by atoms with E-state index in [1.165, 1.54) is 77.2 Å². The Bertz CT molecular complexity index is 2420. The zero-order chi connectivity index (χ0) is 34.4. The van der Waals surface area contributed by atoms with Crippen LogP contribution in [0.1, 0.15) is 45.5 Å². The number of benzene rings is 8. The second-order valence-corrected chi connectivity index (χ2v) is 14.5. The van der Waals surface area contributed by atoms with E-state index in [9.17, 15) is 0 Å². The molecule has 0 saturated carbocycles. The van der Waals surface area contributed by atoms with Crippen molar-refractivity contribution in [3.63, 3.8) is 0 Å². The van der Waals surface area contributed by atoms with Crippen LogP contribution in [0.3, 0.4) is 0 Å². The predicted octanol–water partition coefficient (Wildman–Crippen LogP) is 12.1. The topological polar surface area (TPSA) is 6.48 Å². The van der Waals surface area contributed by atoms with Crippen molar-refractivity contribution in [3.05, 3.63) is 215 Å². The molecule has 0 aromatic heterocycles. The lowest BCUT2D eigenvalue weighted by Gasteiger charge is -2.43. The maximum absolute atomic E-state index is 2.78. The normalized spacial score (nSPS) is 15.5. The van der Waals surface area contributed by atoms with Crippen LogP contribution in [0.15, 0.2) is 182 Å². The van der Waals surface area contributed by atoms with Gasteiger partial charge in [-0.15, -0.1) is 0 Å². The van der Waals surface area contributed by atoms with Crippen molar-refractivity contribution in [1.82, 2.24) is 9.80 Å². The fourth-order valence-corrected chi connectivity index (χ4v) is 9.20. The molecule has 2 aliphatic rings. The van der Waals surface area contributed by atoms with Crippen LogP contribution in [-0.2, 0) is 26.2 Å². The van der Waals surface area contributed by atoms with Crippen molar-refractivity contribution in [2.45, 2.75) is 38.3 Å². The van der Waals surface area contributed by atoms with Crippen molar-refractivity contribution < 1.29 is 0 Å². The molecule has 10 rings (SSSR count). The third kappa shape index (κ3) is 5.35. The lowest BCUT2D eigenvalue weighted by molar-refractivity contribution is 0.0561. The van der Waals surface area contributed by atoms with Crippen LogP contribution >= 0.6 is 0 Å². The second kappa shape index (κ2) is 13.1. The number of nitrogens with zero attached hydrogens (tertiary/aromatic N) is 2. The molecule has 2 atom stereocenters. The van der Waals surface area contributed by atoms with Gasteiger partial charge in [0.05, 0.1) is 12.1 Å². The maximum Gasteiger partial charge on any atom is 0.0552 e. The van der Waals surface area contributed by atoms with Gasteiger partial charge >= 0.3 is 0 Å². The van der Waals surface area contributed by atoms with E-state index >= 15 is 0 Å². The van der Waals surface area contributed by atoms with Crippen molar-refractivity contribution >= 4 is 21.5 Å². The van der Waals surface area contributed by atoms with E-state index in [0.29, 0.717) is 0 Å². The lowest BCUT2D eigenvalue weighted by Crippen LogP contribution is -2.40. The molecule has 0 aliphatic carbocycles. The van der Waals surface area contributed by atoms with Crippen molar-refractivity contribution in [3.8, 4) is 22.3 Å². The third-order valence-corrected chi connectivity index (χ3v) is 11.5. The van der Waals surface area contributed by atoms with E-state index in [2.05, 4.69) is 192 Å². The zero-order valence-corrected chi connectivity index (χ0v) is 29.2. The Hall–Kier alpha value is -5.80. The van der Waals surface area contributed by atoms with Crippen LogP contribution in [0.4, 0.5) is 0 Å². The summed E-state index contributed by atoms with van der Waals surface area (Å²) in [6.45, 7) is 3.41. The first-order chi connectivity index (χ1) is 25.8. The number of fused-ring (bicyclic) bond motifs is 10. The fourth-order valence-electron chi connectivity index (χ4n) is 9.20. The van der Waals surface area contributed by atoms with Crippen LogP contribution in [-0.4, -0.2) is 9.80 Å². The molecule has 0 N–H and O–H groups in total. The van der Waals surface area contributed by atoms with Crippen molar-refractivity contribution in [2.24, 2.45) is 0 Å². The van der Waals surface area contributed by atoms with Crippen molar-refractivity contribution in [2.75, 3.05) is 0 Å². The lowest BCUT2D eigenvalue weighted by atomic mass is 9.88. The number of hydrogen-bond donors (Lipinski definition) is 0. The quantitative estimate of drug-likeness (QED) is 0.180. The first-order valence-electron chi connectivity index (χ1n) is 18.6. The van der Waals surface area contributed by atoms with Gasteiger partial charge in [0.25, 0.3) is 0 Å². The molecular formula is C50H40N2. The Morgan fingerprint density at radius 3 is 1.13 bits per heavy atom. The van der Waals surface area contributed by atoms with Gasteiger partial charge in [0, 0.05) is 26.2 Å². The molecule has 0 saturated heterocycles. The van der Waals surface area contributed by atoms with Crippen molar-refractivity contribution in [1.29, 1.82) is 0 Å². The summed E-state index contributed by atoms with van der Waals surface area (Å²) in [6, 6.07) is 68.1. The van der Waals surface area contributed by atoms with Crippen LogP contribution in [0.5, 0.6) is 0 Å². The minimum absolute atomic E-state index is 0.0674. The molecule has 52 heavy (non-hydrogen) atoms. The molecule has 0 amide bonds. The molecule has 2 unspecified atom stereocenters. The van der Waals surface area contributed by atoms with E-state index in [-0.39, 0.29) is 12.1 Å². The minimum Gasteiger partial charge on any atom is -0.286 e. The molecular weight excluding hydrogens is 629 g/mol. The summed E-state index contributed by atoms with van der Waals surface area (Å²) in [5, 5.41) is 5.24. The van der Waals surface area contributed by atoms with Gasteiger partial charge in [-0.25, -0.2) is 0 Å². The molecule has 0 radical (unpaired) electrons. The van der Waals surface area contributed by atoms with Crippen LogP contribution in [0.25, 0.3) is 43.8 Å². The van der Waals surface area contributed by atoms with Crippen LogP contribution < -0.4 is 0 Å². The Labute approximate surface area is 306 Å². The smallest absolute Gasteiger partial charge is 0.0552 e. The summed E-state index contributed by atoms with van der Waals surface area (Å²) in [5.41, 5.74) is 13.7. The van der Waals surface area contributed by atoms with Gasteiger partial charge in [-0.1, -0.05) is 182 Å². The summed E-state index contributed by atoms with van der Waals surface area (Å²) < 4.78 is 0. The van der Waals surface area contributed by atoms with Gasteiger partial charge in [-0.3, -0.25) is 9.80 Å². The summed E-state index contributed by atoms with van der Waals surface area (Å²) in [7, 11) is 0. The first-order valence-corrected chi connectivity index (χ1v) is 18.6. The fraction of sp³-hybridized carbons (Fsp3) is 0.120. The average molecular weight is 669 g/mol. The molecule has 2 nitrogen and oxygen atoms in total. The molecule has 2 heterocycles. The Balaban J connectivity index is 1.21. The Kier molecular flexibility index (Phi) is 7.79. The molecule has 2 heteroatoms. The van der Waals surface area contributed by atoms with Gasteiger partial charge in [0.15, 0.2) is 0 Å². The molecule has 0 fully saturated rings. The molecule has 8 aromatic rings. The summed E-state index contributed by atoms with van der Waals surface area (Å²) in [6.07, 6.45) is 0. The highest BCUT2D eigenvalue weighted by Gasteiger charge is 2.38. The summed E-state index contributed by atoms with van der Waals surface area (Å²) in [5.74, 6) is 0. The van der Waals surface area contributed by atoms with E-state index in [1.807, 2.05) is 0 Å². The SMILES string of the molecule is c1ccc(C(C(c2ccccc2)N2Cc3ccc4ccccc4c3-c3c(ccc4ccccc34)C2)N2Cc3ccccc3-c3ccccc3C2)cc1. The predicted molar refractivity (Wildman–Crippen MR) is 216 cm³/mol. The first kappa shape index (κ1) is 31.0. The monoisotopic (exact) mass is 668 g/mol. The Morgan fingerprint density at radius 1 is 0.308 bits per heavy atom. The van der Waals surface area contributed by atoms with Gasteiger partial charge in [0.1, 0.15) is 0 Å². The van der Waals surface area contributed by atoms with E-state index in [1.54, 1.807) is 0 Å². The average Bonchev–Trinajstić information content (AvgIpc) is 3.49. The van der Waals surface area contributed by atoms with Gasteiger partial charge < -0.3 is 0 Å². The minimum atomic E-state index is 0.0674. The van der Waals surface area contributed by atoms with E-state index < -0.39 is 0 Å². The highest BCUT2D eigenvalue weighted by atomic mass is 15.3. The Morgan fingerprint density at radius 2 is 0.673 bits per heavy atom. The highest BCUT2D eigenvalue weighted by Crippen LogP contribution is 2.48. The third-order valence-electron chi connectivity index (χ3n) is 11.5. The van der Waals surface area contributed by atoms with Crippen LogP contribution in [0.2, 0.25) is 0 Å². The molecule has 8 aromatic carbocycles. The maximum atomic E-state index is 2.78.